The summed E-state index contributed by atoms with van der Waals surface area (Å²) in [5, 5.41) is 4.99. The van der Waals surface area contributed by atoms with Crippen molar-refractivity contribution < 1.29 is 4.79 Å². The van der Waals surface area contributed by atoms with Crippen LogP contribution in [-0.2, 0) is 18.3 Å². The third-order valence-electron chi connectivity index (χ3n) is 4.30. The number of aromatic nitrogens is 3. The second-order valence-corrected chi connectivity index (χ2v) is 6.30. The van der Waals surface area contributed by atoms with Crippen molar-refractivity contribution in [1.82, 2.24) is 19.7 Å². The second kappa shape index (κ2) is 6.20. The highest BCUT2D eigenvalue weighted by molar-refractivity contribution is 6.32. The maximum atomic E-state index is 12.7. The van der Waals surface area contributed by atoms with Gasteiger partial charge in [0.1, 0.15) is 0 Å². The molecule has 7 heteroatoms. The Morgan fingerprint density at radius 3 is 2.96 bits per heavy atom. The normalized spacial score (nSPS) is 17.7. The Kier molecular flexibility index (Phi) is 4.26. The average molecular weight is 334 g/mol. The number of nitrogen functional groups attached to an aromatic ring is 1. The minimum atomic E-state index is -0.102. The largest absolute Gasteiger partial charge is 0.368 e. The molecule has 1 atom stereocenters. The topological polar surface area (TPSA) is 77.0 Å². The summed E-state index contributed by atoms with van der Waals surface area (Å²) >= 11 is 6.31. The molecule has 23 heavy (non-hydrogen) atoms. The molecule has 3 rings (SSSR count). The van der Waals surface area contributed by atoms with Gasteiger partial charge in [0, 0.05) is 18.6 Å². The number of rotatable bonds is 3. The van der Waals surface area contributed by atoms with Gasteiger partial charge < -0.3 is 10.6 Å². The maximum Gasteiger partial charge on any atom is 0.227 e. The number of nitrogens with two attached hydrogens (primary N) is 1. The van der Waals surface area contributed by atoms with Crippen LogP contribution in [-0.4, -0.2) is 32.1 Å². The Bertz CT molecular complexity index is 723. The number of halogens is 1. The number of anilines is 1. The van der Waals surface area contributed by atoms with Crippen LogP contribution >= 0.6 is 11.6 Å². The van der Waals surface area contributed by atoms with Gasteiger partial charge in [0.25, 0.3) is 0 Å². The smallest absolute Gasteiger partial charge is 0.227 e. The van der Waals surface area contributed by atoms with E-state index in [9.17, 15) is 4.79 Å². The van der Waals surface area contributed by atoms with Gasteiger partial charge in [-0.25, -0.2) is 4.68 Å². The molecule has 1 unspecified atom stereocenters. The fourth-order valence-electron chi connectivity index (χ4n) is 3.00. The molecule has 1 amide bonds. The summed E-state index contributed by atoms with van der Waals surface area (Å²) in [5.41, 5.74) is 7.60. The minimum absolute atomic E-state index is 0.0472. The molecule has 122 valence electrons. The minimum Gasteiger partial charge on any atom is -0.368 e. The zero-order chi connectivity index (χ0) is 16.6. The monoisotopic (exact) mass is 333 g/mol. The van der Waals surface area contributed by atoms with Gasteiger partial charge in [0.2, 0.25) is 11.9 Å². The highest BCUT2D eigenvalue weighted by Gasteiger charge is 2.33. The molecule has 0 saturated carbocycles. The lowest BCUT2D eigenvalue weighted by molar-refractivity contribution is -0.131. The van der Waals surface area contributed by atoms with Crippen LogP contribution in [0.25, 0.3) is 0 Å². The first-order valence-electron chi connectivity index (χ1n) is 7.67. The van der Waals surface area contributed by atoms with Crippen LogP contribution in [0.1, 0.15) is 35.8 Å². The van der Waals surface area contributed by atoms with E-state index in [0.717, 1.165) is 24.0 Å². The number of likely N-dealkylation sites (tertiary alicyclic amines) is 1. The van der Waals surface area contributed by atoms with Gasteiger partial charge in [-0.15, -0.1) is 0 Å². The first-order chi connectivity index (χ1) is 11.0. The lowest BCUT2D eigenvalue weighted by Crippen LogP contribution is -2.32. The van der Waals surface area contributed by atoms with Gasteiger partial charge >= 0.3 is 0 Å². The highest BCUT2D eigenvalue weighted by Crippen LogP contribution is 2.31. The molecule has 1 aromatic carbocycles. The molecule has 2 heterocycles. The number of benzene rings is 1. The third-order valence-corrected chi connectivity index (χ3v) is 4.84. The van der Waals surface area contributed by atoms with Crippen LogP contribution in [0.4, 0.5) is 5.95 Å². The molecule has 1 aliphatic rings. The quantitative estimate of drug-likeness (QED) is 0.934. The first-order valence-corrected chi connectivity index (χ1v) is 8.05. The zero-order valence-electron chi connectivity index (χ0n) is 13.3. The second-order valence-electron chi connectivity index (χ2n) is 5.92. The molecule has 1 fully saturated rings. The summed E-state index contributed by atoms with van der Waals surface area (Å²) in [5.74, 6) is 1.03. The number of aryl methyl sites for hydroxylation is 2. The first kappa shape index (κ1) is 15.8. The van der Waals surface area contributed by atoms with Gasteiger partial charge in [0.15, 0.2) is 5.82 Å². The van der Waals surface area contributed by atoms with E-state index in [-0.39, 0.29) is 11.9 Å². The van der Waals surface area contributed by atoms with E-state index < -0.39 is 0 Å². The maximum absolute atomic E-state index is 12.7. The fourth-order valence-corrected chi connectivity index (χ4v) is 3.19. The summed E-state index contributed by atoms with van der Waals surface area (Å²) in [6, 6.07) is 5.66. The van der Waals surface area contributed by atoms with E-state index in [2.05, 4.69) is 10.1 Å². The lowest BCUT2D eigenvalue weighted by Gasteiger charge is -2.23. The Morgan fingerprint density at radius 2 is 2.26 bits per heavy atom. The highest BCUT2D eigenvalue weighted by atomic mass is 35.5. The molecule has 0 aliphatic carbocycles. The predicted molar refractivity (Wildman–Crippen MR) is 89.0 cm³/mol. The molecule has 1 aliphatic heterocycles. The Balaban J connectivity index is 1.79. The molecular weight excluding hydrogens is 314 g/mol. The van der Waals surface area contributed by atoms with Crippen molar-refractivity contribution in [3.05, 3.63) is 40.2 Å². The van der Waals surface area contributed by atoms with Crippen molar-refractivity contribution in [2.45, 2.75) is 32.2 Å². The number of nitrogens with zero attached hydrogens (tertiary/aromatic N) is 4. The van der Waals surface area contributed by atoms with E-state index in [1.807, 2.05) is 30.0 Å². The van der Waals surface area contributed by atoms with Gasteiger partial charge in [-0.2, -0.15) is 10.1 Å². The number of hydrogen-bond donors (Lipinski definition) is 1. The molecule has 1 saturated heterocycles. The van der Waals surface area contributed by atoms with E-state index in [0.29, 0.717) is 29.8 Å². The lowest BCUT2D eigenvalue weighted by atomic mass is 10.1. The molecule has 1 aromatic heterocycles. The Hall–Kier alpha value is -2.08. The van der Waals surface area contributed by atoms with E-state index in [4.69, 9.17) is 17.3 Å². The van der Waals surface area contributed by atoms with Crippen LogP contribution in [0.5, 0.6) is 0 Å². The standard InChI is InChI=1S/C16H20ClN5O/c1-10-5-3-6-11(14(10)17)9-13(23)22-8-4-7-12(22)15-19-16(18)21(2)20-15/h3,5-6,12H,4,7-9H2,1-2H3,(H2,18,19,20). The predicted octanol–water partition coefficient (Wildman–Crippen LogP) is 2.27. The van der Waals surface area contributed by atoms with Crippen LogP contribution in [0.3, 0.4) is 0 Å². The third kappa shape index (κ3) is 3.03. The van der Waals surface area contributed by atoms with Crippen molar-refractivity contribution >= 4 is 23.5 Å². The number of amides is 1. The van der Waals surface area contributed by atoms with Crippen molar-refractivity contribution in [2.24, 2.45) is 7.05 Å². The molecule has 0 radical (unpaired) electrons. The molecule has 2 N–H and O–H groups in total. The summed E-state index contributed by atoms with van der Waals surface area (Å²) < 4.78 is 1.54. The van der Waals surface area contributed by atoms with Gasteiger partial charge in [-0.3, -0.25) is 4.79 Å². The zero-order valence-corrected chi connectivity index (χ0v) is 14.0. The van der Waals surface area contributed by atoms with Crippen LogP contribution in [0.2, 0.25) is 5.02 Å². The van der Waals surface area contributed by atoms with Crippen molar-refractivity contribution in [2.75, 3.05) is 12.3 Å². The van der Waals surface area contributed by atoms with Gasteiger partial charge in [0.05, 0.1) is 12.5 Å². The molecular formula is C16H20ClN5O. The van der Waals surface area contributed by atoms with Crippen molar-refractivity contribution in [3.8, 4) is 0 Å². The molecule has 2 aromatic rings. The van der Waals surface area contributed by atoms with Crippen molar-refractivity contribution in [3.63, 3.8) is 0 Å². The fraction of sp³-hybridized carbons (Fsp3) is 0.438. The molecule has 6 nitrogen and oxygen atoms in total. The SMILES string of the molecule is Cc1cccc(CC(=O)N2CCCC2c2nc(N)n(C)n2)c1Cl. The Morgan fingerprint density at radius 1 is 1.48 bits per heavy atom. The average Bonchev–Trinajstić information content (AvgIpc) is 3.11. The summed E-state index contributed by atoms with van der Waals surface area (Å²) in [6.45, 7) is 2.65. The van der Waals surface area contributed by atoms with Crippen LogP contribution in [0.15, 0.2) is 18.2 Å². The van der Waals surface area contributed by atoms with Crippen molar-refractivity contribution in [1.29, 1.82) is 0 Å². The summed E-state index contributed by atoms with van der Waals surface area (Å²) in [7, 11) is 1.75. The number of carbonyl (C=O) groups is 1. The van der Waals surface area contributed by atoms with E-state index in [1.165, 1.54) is 4.68 Å². The van der Waals surface area contributed by atoms with Gasteiger partial charge in [-0.1, -0.05) is 29.8 Å². The number of carbonyl (C=O) groups excluding carboxylic acids is 1. The van der Waals surface area contributed by atoms with Gasteiger partial charge in [-0.05, 0) is 30.9 Å². The Labute approximate surface area is 140 Å². The van der Waals surface area contributed by atoms with Crippen LogP contribution in [0, 0.1) is 6.92 Å². The summed E-state index contributed by atoms with van der Waals surface area (Å²) in [4.78, 5) is 18.8. The number of hydrogen-bond acceptors (Lipinski definition) is 4. The molecule has 0 bridgehead atoms. The molecule has 0 spiro atoms. The van der Waals surface area contributed by atoms with Crippen LogP contribution < -0.4 is 5.73 Å². The van der Waals surface area contributed by atoms with E-state index >= 15 is 0 Å². The van der Waals surface area contributed by atoms with E-state index in [1.54, 1.807) is 7.05 Å². The summed E-state index contributed by atoms with van der Waals surface area (Å²) in [6.07, 6.45) is 2.09.